The largest absolute Gasteiger partial charge is 0.497 e. The van der Waals surface area contributed by atoms with Crippen LogP contribution < -0.4 is 10.1 Å². The predicted octanol–water partition coefficient (Wildman–Crippen LogP) is 3.45. The first-order chi connectivity index (χ1) is 13.8. The first-order valence-corrected chi connectivity index (χ1v) is 9.74. The molecule has 0 unspecified atom stereocenters. The number of aliphatic imine (C=N–C) groups is 1. The zero-order chi connectivity index (χ0) is 21.4. The highest BCUT2D eigenvalue weighted by Gasteiger charge is 2.34. The predicted molar refractivity (Wildman–Crippen MR) is 104 cm³/mol. The molecule has 0 saturated carbocycles. The highest BCUT2D eigenvalue weighted by Crippen LogP contribution is 2.34. The number of likely N-dealkylation sites (tertiary alicyclic amines) is 1. The molecule has 1 aliphatic rings. The summed E-state index contributed by atoms with van der Waals surface area (Å²) in [4.78, 5) is 18.3. The molecule has 162 valence electrons. The van der Waals surface area contributed by atoms with Crippen LogP contribution in [-0.4, -0.2) is 50.2 Å². The van der Waals surface area contributed by atoms with Crippen LogP contribution in [0.4, 0.5) is 13.2 Å². The molecule has 29 heavy (non-hydrogen) atoms. The van der Waals surface area contributed by atoms with Crippen molar-refractivity contribution in [3.05, 3.63) is 29.3 Å². The van der Waals surface area contributed by atoms with Gasteiger partial charge in [0.05, 0.1) is 31.7 Å². The Bertz CT molecular complexity index is 715. The van der Waals surface area contributed by atoms with Crippen LogP contribution in [0.25, 0.3) is 0 Å². The summed E-state index contributed by atoms with van der Waals surface area (Å²) in [7, 11) is 1.33. The number of ether oxygens (including phenoxy) is 2. The molecule has 1 aliphatic heterocycles. The number of carbonyl (C=O) groups excluding carboxylic acids is 1. The van der Waals surface area contributed by atoms with Crippen molar-refractivity contribution in [3.8, 4) is 5.75 Å². The van der Waals surface area contributed by atoms with Gasteiger partial charge in [-0.15, -0.1) is 0 Å². The number of hydrogen-bond acceptors (Lipinski definition) is 4. The number of hydrogen-bond donors (Lipinski definition) is 1. The monoisotopic (exact) mass is 415 g/mol. The molecule has 1 aromatic carbocycles. The third-order valence-corrected chi connectivity index (χ3v) is 4.77. The van der Waals surface area contributed by atoms with Gasteiger partial charge in [0.1, 0.15) is 5.75 Å². The number of nitrogens with zero attached hydrogens (tertiary/aromatic N) is 2. The number of halogens is 3. The third-order valence-electron chi connectivity index (χ3n) is 4.77. The highest BCUT2D eigenvalue weighted by atomic mass is 19.4. The fourth-order valence-electron chi connectivity index (χ4n) is 3.26. The second kappa shape index (κ2) is 10.4. The number of methoxy groups -OCH3 is 1. The summed E-state index contributed by atoms with van der Waals surface area (Å²) >= 11 is 0. The molecule has 0 spiro atoms. The normalized spacial score (nSPS) is 15.9. The summed E-state index contributed by atoms with van der Waals surface area (Å²) in [6.07, 6.45) is -3.24. The summed E-state index contributed by atoms with van der Waals surface area (Å²) in [6.45, 7) is 5.68. The van der Waals surface area contributed by atoms with E-state index in [1.165, 1.54) is 19.2 Å². The quantitative estimate of drug-likeness (QED) is 0.438. The van der Waals surface area contributed by atoms with Gasteiger partial charge in [-0.05, 0) is 44.4 Å². The summed E-state index contributed by atoms with van der Waals surface area (Å²) in [5, 5.41) is 3.13. The van der Waals surface area contributed by atoms with Crippen LogP contribution in [-0.2, 0) is 22.3 Å². The van der Waals surface area contributed by atoms with Crippen molar-refractivity contribution in [3.63, 3.8) is 0 Å². The van der Waals surface area contributed by atoms with E-state index in [0.717, 1.165) is 6.07 Å². The van der Waals surface area contributed by atoms with Crippen LogP contribution in [0.3, 0.4) is 0 Å². The molecular weight excluding hydrogens is 387 g/mol. The minimum absolute atomic E-state index is 0.0788. The molecule has 2 rings (SSSR count). The number of rotatable bonds is 6. The summed E-state index contributed by atoms with van der Waals surface area (Å²) in [6, 6.07) is 3.88. The Morgan fingerprint density at radius 1 is 1.28 bits per heavy atom. The molecule has 0 aliphatic carbocycles. The Hall–Kier alpha value is -2.45. The van der Waals surface area contributed by atoms with E-state index in [2.05, 4.69) is 10.3 Å². The molecule has 1 saturated heterocycles. The molecule has 0 radical (unpaired) electrons. The number of guanidine groups is 1. The first-order valence-electron chi connectivity index (χ1n) is 9.74. The lowest BCUT2D eigenvalue weighted by Gasteiger charge is -2.33. The average molecular weight is 415 g/mol. The Morgan fingerprint density at radius 2 is 1.97 bits per heavy atom. The van der Waals surface area contributed by atoms with E-state index < -0.39 is 11.7 Å². The molecule has 1 N–H and O–H groups in total. The van der Waals surface area contributed by atoms with E-state index in [-0.39, 0.29) is 29.7 Å². The molecule has 0 bridgehead atoms. The van der Waals surface area contributed by atoms with Gasteiger partial charge in [0, 0.05) is 19.6 Å². The number of piperidine rings is 1. The zero-order valence-corrected chi connectivity index (χ0v) is 17.0. The molecule has 0 atom stereocenters. The average Bonchev–Trinajstić information content (AvgIpc) is 2.70. The standard InChI is InChI=1S/C20H28F3N3O3/c1-4-24-19(26-10-8-14(9-11-26)18(27)29-5-2)25-13-15-6-7-16(28-3)12-17(15)20(21,22)23/h6-7,12,14H,4-5,8-11,13H2,1-3H3,(H,24,25). The number of benzene rings is 1. The van der Waals surface area contributed by atoms with Gasteiger partial charge >= 0.3 is 12.1 Å². The molecule has 1 aromatic rings. The summed E-state index contributed by atoms with van der Waals surface area (Å²) < 4.78 is 50.2. The maximum Gasteiger partial charge on any atom is 0.416 e. The molecular formula is C20H28F3N3O3. The first kappa shape index (κ1) is 22.8. The zero-order valence-electron chi connectivity index (χ0n) is 17.0. The number of alkyl halides is 3. The van der Waals surface area contributed by atoms with Crippen molar-refractivity contribution < 1.29 is 27.4 Å². The molecule has 1 heterocycles. The van der Waals surface area contributed by atoms with Gasteiger partial charge in [0.15, 0.2) is 5.96 Å². The van der Waals surface area contributed by atoms with Crippen molar-refractivity contribution in [2.45, 2.75) is 39.4 Å². The van der Waals surface area contributed by atoms with Crippen molar-refractivity contribution in [2.75, 3.05) is 33.4 Å². The molecule has 6 nitrogen and oxygen atoms in total. The van der Waals surface area contributed by atoms with Gasteiger partial charge in [-0.25, -0.2) is 4.99 Å². The van der Waals surface area contributed by atoms with Crippen molar-refractivity contribution in [2.24, 2.45) is 10.9 Å². The van der Waals surface area contributed by atoms with Crippen LogP contribution in [0.15, 0.2) is 23.2 Å². The van der Waals surface area contributed by atoms with Gasteiger partial charge in [-0.3, -0.25) is 4.79 Å². The third kappa shape index (κ3) is 6.27. The van der Waals surface area contributed by atoms with Crippen molar-refractivity contribution >= 4 is 11.9 Å². The molecule has 0 aromatic heterocycles. The topological polar surface area (TPSA) is 63.2 Å². The molecule has 1 fully saturated rings. The van der Waals surface area contributed by atoms with E-state index in [0.29, 0.717) is 45.0 Å². The van der Waals surface area contributed by atoms with E-state index in [1.807, 2.05) is 11.8 Å². The van der Waals surface area contributed by atoms with Gasteiger partial charge in [-0.2, -0.15) is 13.2 Å². The fraction of sp³-hybridized carbons (Fsp3) is 0.600. The van der Waals surface area contributed by atoms with Crippen LogP contribution in [0.1, 0.15) is 37.8 Å². The Morgan fingerprint density at radius 3 is 2.52 bits per heavy atom. The maximum atomic E-state index is 13.4. The maximum absolute atomic E-state index is 13.4. The van der Waals surface area contributed by atoms with E-state index in [9.17, 15) is 18.0 Å². The molecule has 9 heteroatoms. The van der Waals surface area contributed by atoms with E-state index in [4.69, 9.17) is 9.47 Å². The van der Waals surface area contributed by atoms with Gasteiger partial charge < -0.3 is 19.7 Å². The van der Waals surface area contributed by atoms with Crippen molar-refractivity contribution in [1.29, 1.82) is 0 Å². The second-order valence-electron chi connectivity index (χ2n) is 6.70. The lowest BCUT2D eigenvalue weighted by Crippen LogP contribution is -2.46. The smallest absolute Gasteiger partial charge is 0.416 e. The Balaban J connectivity index is 2.13. The SMILES string of the molecule is CCNC(=NCc1ccc(OC)cc1C(F)(F)F)N1CCC(C(=O)OCC)CC1. The van der Waals surface area contributed by atoms with Crippen LogP contribution >= 0.6 is 0 Å². The Labute approximate surface area is 169 Å². The van der Waals surface area contributed by atoms with Crippen molar-refractivity contribution in [1.82, 2.24) is 10.2 Å². The lowest BCUT2D eigenvalue weighted by atomic mass is 9.97. The van der Waals surface area contributed by atoms with Crippen LogP contribution in [0.2, 0.25) is 0 Å². The van der Waals surface area contributed by atoms with E-state index >= 15 is 0 Å². The Kier molecular flexibility index (Phi) is 8.16. The van der Waals surface area contributed by atoms with Gasteiger partial charge in [0.2, 0.25) is 0 Å². The van der Waals surface area contributed by atoms with Gasteiger partial charge in [0.25, 0.3) is 0 Å². The molecule has 0 amide bonds. The highest BCUT2D eigenvalue weighted by molar-refractivity contribution is 5.80. The number of carbonyl (C=O) groups is 1. The summed E-state index contributed by atoms with van der Waals surface area (Å²) in [5.41, 5.74) is -0.674. The van der Waals surface area contributed by atoms with Gasteiger partial charge in [-0.1, -0.05) is 6.07 Å². The lowest BCUT2D eigenvalue weighted by molar-refractivity contribution is -0.149. The minimum Gasteiger partial charge on any atom is -0.497 e. The summed E-state index contributed by atoms with van der Waals surface area (Å²) in [5.74, 6) is 0.353. The number of nitrogens with one attached hydrogen (secondary N) is 1. The number of esters is 1. The van der Waals surface area contributed by atoms with E-state index in [1.54, 1.807) is 6.92 Å². The fourth-order valence-corrected chi connectivity index (χ4v) is 3.26. The minimum atomic E-state index is -4.49. The second-order valence-corrected chi connectivity index (χ2v) is 6.70. The van der Waals surface area contributed by atoms with Crippen LogP contribution in [0, 0.1) is 5.92 Å². The van der Waals surface area contributed by atoms with Crippen LogP contribution in [0.5, 0.6) is 5.75 Å².